The molecule has 1 amide bonds. The Morgan fingerprint density at radius 1 is 1.45 bits per heavy atom. The normalized spacial score (nSPS) is 18.6. The highest BCUT2D eigenvalue weighted by atomic mass is 32.2. The number of carboxylic acid groups (broad SMARTS) is 1. The first-order chi connectivity index (χ1) is 9.58. The Morgan fingerprint density at radius 3 is 2.95 bits per heavy atom. The fourth-order valence-corrected chi connectivity index (χ4v) is 3.39. The van der Waals surface area contributed by atoms with Crippen LogP contribution in [0, 0.1) is 6.92 Å². The first-order valence-electron chi connectivity index (χ1n) is 6.14. The molecule has 1 atom stereocenters. The van der Waals surface area contributed by atoms with Crippen molar-refractivity contribution in [2.45, 2.75) is 13.0 Å². The minimum atomic E-state index is -0.969. The van der Waals surface area contributed by atoms with Crippen molar-refractivity contribution >= 4 is 29.3 Å². The van der Waals surface area contributed by atoms with Crippen molar-refractivity contribution in [2.75, 3.05) is 11.6 Å². The number of fused-ring (bicyclic) bond motifs is 1. The Kier molecular flexibility index (Phi) is 3.13. The van der Waals surface area contributed by atoms with Crippen molar-refractivity contribution in [2.24, 2.45) is 0 Å². The number of hydrogen-bond donors (Lipinski definition) is 1. The molecule has 3 rings (SSSR count). The van der Waals surface area contributed by atoms with Gasteiger partial charge >= 0.3 is 5.97 Å². The first kappa shape index (κ1) is 13.0. The van der Waals surface area contributed by atoms with Crippen LogP contribution in [0.5, 0.6) is 0 Å². The van der Waals surface area contributed by atoms with Gasteiger partial charge in [-0.1, -0.05) is 6.07 Å². The van der Waals surface area contributed by atoms with E-state index in [9.17, 15) is 9.59 Å². The molecular weight excluding hydrogens is 278 g/mol. The Balaban J connectivity index is 1.96. The quantitative estimate of drug-likeness (QED) is 0.901. The molecule has 1 fully saturated rings. The Bertz CT molecular complexity index is 697. The summed E-state index contributed by atoms with van der Waals surface area (Å²) in [5.41, 5.74) is 1.94. The minimum Gasteiger partial charge on any atom is -0.480 e. The third-order valence-corrected chi connectivity index (χ3v) is 4.36. The summed E-state index contributed by atoms with van der Waals surface area (Å²) in [7, 11) is 0. The lowest BCUT2D eigenvalue weighted by molar-refractivity contribution is -0.140. The van der Waals surface area contributed by atoms with Crippen LogP contribution in [0.3, 0.4) is 0 Å². The molecule has 7 heteroatoms. The molecule has 0 spiro atoms. The highest BCUT2D eigenvalue weighted by Gasteiger charge is 2.35. The summed E-state index contributed by atoms with van der Waals surface area (Å²) in [5.74, 6) is -0.482. The SMILES string of the molecule is Cc1cccc2nc(C(=O)N3CSC[C@H]3C(=O)O)cn12. The number of imidazole rings is 1. The van der Waals surface area contributed by atoms with Crippen LogP contribution in [0.15, 0.2) is 24.4 Å². The predicted molar refractivity (Wildman–Crippen MR) is 74.8 cm³/mol. The smallest absolute Gasteiger partial charge is 0.327 e. The first-order valence-corrected chi connectivity index (χ1v) is 7.29. The van der Waals surface area contributed by atoms with Gasteiger partial charge in [-0.3, -0.25) is 4.79 Å². The van der Waals surface area contributed by atoms with E-state index in [4.69, 9.17) is 5.11 Å². The predicted octanol–water partition coefficient (Wildman–Crippen LogP) is 1.24. The molecule has 1 aliphatic heterocycles. The van der Waals surface area contributed by atoms with Crippen LogP contribution in [0.4, 0.5) is 0 Å². The molecule has 1 aliphatic rings. The average molecular weight is 291 g/mol. The molecule has 20 heavy (non-hydrogen) atoms. The number of hydrogen-bond acceptors (Lipinski definition) is 4. The molecule has 0 aromatic carbocycles. The average Bonchev–Trinajstić information content (AvgIpc) is 3.05. The second-order valence-electron chi connectivity index (χ2n) is 4.65. The second kappa shape index (κ2) is 4.82. The molecule has 3 heterocycles. The highest BCUT2D eigenvalue weighted by molar-refractivity contribution is 7.99. The van der Waals surface area contributed by atoms with E-state index >= 15 is 0 Å². The van der Waals surface area contributed by atoms with Crippen molar-refractivity contribution in [1.82, 2.24) is 14.3 Å². The molecule has 6 nitrogen and oxygen atoms in total. The van der Waals surface area contributed by atoms with E-state index in [1.54, 1.807) is 6.20 Å². The highest BCUT2D eigenvalue weighted by Crippen LogP contribution is 2.23. The number of thioether (sulfide) groups is 1. The van der Waals surface area contributed by atoms with Gasteiger partial charge in [-0.05, 0) is 19.1 Å². The second-order valence-corrected chi connectivity index (χ2v) is 5.65. The zero-order valence-corrected chi connectivity index (χ0v) is 11.6. The topological polar surface area (TPSA) is 74.9 Å². The van der Waals surface area contributed by atoms with E-state index in [1.807, 2.05) is 29.5 Å². The van der Waals surface area contributed by atoms with Crippen molar-refractivity contribution < 1.29 is 14.7 Å². The molecule has 104 valence electrons. The number of aliphatic carboxylic acids is 1. The van der Waals surface area contributed by atoms with Crippen molar-refractivity contribution in [3.8, 4) is 0 Å². The van der Waals surface area contributed by atoms with Gasteiger partial charge in [-0.2, -0.15) is 0 Å². The molecule has 1 saturated heterocycles. The number of carbonyl (C=O) groups is 2. The Labute approximate surface area is 119 Å². The third kappa shape index (κ3) is 2.03. The van der Waals surface area contributed by atoms with Gasteiger partial charge in [0.2, 0.25) is 0 Å². The van der Waals surface area contributed by atoms with E-state index in [0.29, 0.717) is 17.3 Å². The molecule has 2 aromatic heterocycles. The Morgan fingerprint density at radius 2 is 2.25 bits per heavy atom. The number of carbonyl (C=O) groups excluding carboxylic acids is 1. The lowest BCUT2D eigenvalue weighted by Gasteiger charge is -2.18. The van der Waals surface area contributed by atoms with Gasteiger partial charge in [0, 0.05) is 17.6 Å². The molecule has 0 bridgehead atoms. The van der Waals surface area contributed by atoms with Gasteiger partial charge < -0.3 is 14.4 Å². The number of rotatable bonds is 2. The van der Waals surface area contributed by atoms with E-state index in [0.717, 1.165) is 5.69 Å². The summed E-state index contributed by atoms with van der Waals surface area (Å²) in [6.45, 7) is 1.93. The van der Waals surface area contributed by atoms with E-state index in [-0.39, 0.29) is 11.6 Å². The molecule has 0 saturated carbocycles. The summed E-state index contributed by atoms with van der Waals surface area (Å²) in [4.78, 5) is 29.2. The van der Waals surface area contributed by atoms with Crippen LogP contribution in [0.2, 0.25) is 0 Å². The molecule has 0 aliphatic carbocycles. The lowest BCUT2D eigenvalue weighted by Crippen LogP contribution is -2.41. The van der Waals surface area contributed by atoms with Crippen molar-refractivity contribution in [1.29, 1.82) is 0 Å². The van der Waals surface area contributed by atoms with Crippen molar-refractivity contribution in [3.05, 3.63) is 35.8 Å². The van der Waals surface area contributed by atoms with Crippen LogP contribution in [0.25, 0.3) is 5.65 Å². The number of pyridine rings is 1. The molecule has 0 radical (unpaired) electrons. The van der Waals surface area contributed by atoms with Gasteiger partial charge in [0.05, 0.1) is 5.88 Å². The molecule has 1 N–H and O–H groups in total. The van der Waals surface area contributed by atoms with Crippen molar-refractivity contribution in [3.63, 3.8) is 0 Å². The summed E-state index contributed by atoms with van der Waals surface area (Å²) < 4.78 is 1.83. The number of carboxylic acids is 1. The number of amides is 1. The monoisotopic (exact) mass is 291 g/mol. The summed E-state index contributed by atoms with van der Waals surface area (Å²) in [5, 5.41) is 9.13. The largest absolute Gasteiger partial charge is 0.480 e. The lowest BCUT2D eigenvalue weighted by atomic mass is 10.3. The van der Waals surface area contributed by atoms with Gasteiger partial charge in [0.1, 0.15) is 17.4 Å². The fraction of sp³-hybridized carbons (Fsp3) is 0.308. The molecule has 2 aromatic rings. The van der Waals surface area contributed by atoms with Crippen LogP contribution in [0.1, 0.15) is 16.2 Å². The van der Waals surface area contributed by atoms with E-state index in [2.05, 4.69) is 4.98 Å². The van der Waals surface area contributed by atoms with E-state index in [1.165, 1.54) is 16.7 Å². The van der Waals surface area contributed by atoms with Gasteiger partial charge in [-0.25, -0.2) is 9.78 Å². The van der Waals surface area contributed by atoms with Crippen LogP contribution < -0.4 is 0 Å². The van der Waals surface area contributed by atoms with Gasteiger partial charge in [0.15, 0.2) is 0 Å². The van der Waals surface area contributed by atoms with Gasteiger partial charge in [-0.15, -0.1) is 11.8 Å². The number of nitrogens with zero attached hydrogens (tertiary/aromatic N) is 3. The zero-order chi connectivity index (χ0) is 14.3. The Hall–Kier alpha value is -2.02. The zero-order valence-electron chi connectivity index (χ0n) is 10.8. The minimum absolute atomic E-state index is 0.285. The maximum absolute atomic E-state index is 12.4. The van der Waals surface area contributed by atoms with Crippen LogP contribution in [-0.4, -0.2) is 48.9 Å². The molecular formula is C13H13N3O3S. The maximum Gasteiger partial charge on any atom is 0.327 e. The van der Waals surface area contributed by atoms with E-state index < -0.39 is 12.0 Å². The third-order valence-electron chi connectivity index (χ3n) is 3.34. The summed E-state index contributed by atoms with van der Waals surface area (Å²) in [6, 6.07) is 4.85. The summed E-state index contributed by atoms with van der Waals surface area (Å²) >= 11 is 1.44. The number of aromatic nitrogens is 2. The fourth-order valence-electron chi connectivity index (χ4n) is 2.25. The summed E-state index contributed by atoms with van der Waals surface area (Å²) in [6.07, 6.45) is 1.66. The van der Waals surface area contributed by atoms with Crippen LogP contribution in [-0.2, 0) is 4.79 Å². The maximum atomic E-state index is 12.4. The van der Waals surface area contributed by atoms with Crippen LogP contribution >= 0.6 is 11.8 Å². The number of aryl methyl sites for hydroxylation is 1. The standard InChI is InChI=1S/C13H13N3O3S/c1-8-3-2-4-11-14-9(5-15(8)11)12(17)16-7-20-6-10(16)13(18)19/h2-5,10H,6-7H2,1H3,(H,18,19)/t10-/m0/s1. The molecule has 0 unspecified atom stereocenters. The van der Waals surface area contributed by atoms with Gasteiger partial charge in [0.25, 0.3) is 5.91 Å².